The largest absolute Gasteiger partial charge is 0.512 e. The number of carbonyl (C=O) groups excluding carboxylic acids is 1. The molecule has 0 saturated carbocycles. The molecule has 259 valence electrons. The maximum atomic E-state index is 12.2. The fourth-order valence-electron chi connectivity index (χ4n) is 6.61. The zero-order valence-corrected chi connectivity index (χ0v) is 32.8. The van der Waals surface area contributed by atoms with Gasteiger partial charge >= 0.3 is 0 Å². The molecule has 6 heteroatoms. The third-order valence-electron chi connectivity index (χ3n) is 11.0. The second kappa shape index (κ2) is 15.4. The Bertz CT molecular complexity index is 2130. The third-order valence-corrected chi connectivity index (χ3v) is 11.0. The van der Waals surface area contributed by atoms with Gasteiger partial charge in [0, 0.05) is 65.9 Å². The van der Waals surface area contributed by atoms with Gasteiger partial charge in [-0.15, -0.1) is 23.3 Å². The molecule has 2 heterocycles. The molecule has 0 amide bonds. The molecule has 0 saturated heterocycles. The van der Waals surface area contributed by atoms with E-state index in [1.165, 1.54) is 44.1 Å². The van der Waals surface area contributed by atoms with Gasteiger partial charge in [0.1, 0.15) is 17.7 Å². The molecule has 5 nitrogen and oxygen atoms in total. The number of fused-ring (bicyclic) bond motifs is 6. The van der Waals surface area contributed by atoms with Crippen LogP contribution in [0.4, 0.5) is 0 Å². The van der Waals surface area contributed by atoms with Crippen molar-refractivity contribution in [3.63, 3.8) is 0 Å². The van der Waals surface area contributed by atoms with Crippen LogP contribution in [0, 0.1) is 16.9 Å². The summed E-state index contributed by atoms with van der Waals surface area (Å²) in [7, 11) is 2.09. The number of aromatic nitrogens is 3. The second-order valence-electron chi connectivity index (χ2n) is 13.9. The zero-order chi connectivity index (χ0) is 34.8. The molecule has 0 aliphatic carbocycles. The van der Waals surface area contributed by atoms with Gasteiger partial charge in [0.2, 0.25) is 0 Å². The van der Waals surface area contributed by atoms with E-state index < -0.39 is 0 Å². The fourth-order valence-corrected chi connectivity index (χ4v) is 6.61. The van der Waals surface area contributed by atoms with E-state index in [1.54, 1.807) is 6.33 Å². The van der Waals surface area contributed by atoms with Crippen LogP contribution in [0.3, 0.4) is 0 Å². The normalized spacial score (nSPS) is 12.4. The number of nitrogens with zero attached hydrogens (tertiary/aromatic N) is 3. The van der Waals surface area contributed by atoms with E-state index in [4.69, 9.17) is 4.98 Å². The maximum Gasteiger partial charge on any atom is 0.164 e. The topological polar surface area (TPSA) is 68.0 Å². The molecule has 6 rings (SSSR count). The Morgan fingerprint density at radius 1 is 0.837 bits per heavy atom. The number of ketones is 1. The van der Waals surface area contributed by atoms with E-state index in [1.807, 2.05) is 41.5 Å². The summed E-state index contributed by atoms with van der Waals surface area (Å²) in [5, 5.41) is 17.3. The van der Waals surface area contributed by atoms with Crippen LogP contribution in [0.2, 0.25) is 0 Å². The molecular formula is C43H50IrN3O2-. The molecule has 49 heavy (non-hydrogen) atoms. The first kappa shape index (κ1) is 37.9. The molecule has 0 spiro atoms. The monoisotopic (exact) mass is 833 g/mol. The molecule has 1 N–H and O–H groups in total. The van der Waals surface area contributed by atoms with Crippen molar-refractivity contribution in [3.8, 4) is 11.3 Å². The Labute approximate surface area is 305 Å². The van der Waals surface area contributed by atoms with Gasteiger partial charge in [-0.3, -0.25) is 9.78 Å². The molecule has 0 unspecified atom stereocenters. The van der Waals surface area contributed by atoms with Gasteiger partial charge in [-0.2, -0.15) is 0 Å². The SMILES string of the molecule is CC(C)c1c[c-]c(-c2ncnc3c2c2ccc4ccccc4c2n3C)c2ccccc12.CCC(C)(CC)C(=O)/C=C(\O)C(C)(CC)CC.[Ir]. The van der Waals surface area contributed by atoms with Crippen molar-refractivity contribution in [3.05, 3.63) is 96.5 Å². The molecule has 0 aliphatic heterocycles. The summed E-state index contributed by atoms with van der Waals surface area (Å²) >= 11 is 0. The first-order chi connectivity index (χ1) is 22.9. The van der Waals surface area contributed by atoms with Crippen LogP contribution in [0.15, 0.2) is 84.9 Å². The van der Waals surface area contributed by atoms with E-state index in [2.05, 4.69) is 103 Å². The molecule has 0 bridgehead atoms. The minimum absolute atomic E-state index is 0. The molecule has 2 aromatic heterocycles. The van der Waals surface area contributed by atoms with E-state index in [-0.39, 0.29) is 42.5 Å². The van der Waals surface area contributed by atoms with Gasteiger partial charge in [0.15, 0.2) is 5.78 Å². The summed E-state index contributed by atoms with van der Waals surface area (Å²) in [6, 6.07) is 27.2. The van der Waals surface area contributed by atoms with Crippen molar-refractivity contribution in [2.75, 3.05) is 0 Å². The number of aryl methyl sites for hydroxylation is 1. The van der Waals surface area contributed by atoms with Gasteiger partial charge in [0.25, 0.3) is 0 Å². The Balaban J connectivity index is 0.000000260. The first-order valence-electron chi connectivity index (χ1n) is 17.4. The van der Waals surface area contributed by atoms with Crippen molar-refractivity contribution in [2.24, 2.45) is 17.9 Å². The van der Waals surface area contributed by atoms with Crippen molar-refractivity contribution < 1.29 is 30.0 Å². The third kappa shape index (κ3) is 6.96. The smallest absolute Gasteiger partial charge is 0.164 e. The minimum atomic E-state index is -0.337. The van der Waals surface area contributed by atoms with Crippen molar-refractivity contribution in [2.45, 2.75) is 87.0 Å². The van der Waals surface area contributed by atoms with Gasteiger partial charge in [-0.25, -0.2) is 4.98 Å². The molecule has 6 aromatic rings. The van der Waals surface area contributed by atoms with Gasteiger partial charge in [-0.05, 0) is 31.1 Å². The Morgan fingerprint density at radius 3 is 2.04 bits per heavy atom. The number of aliphatic hydroxyl groups is 1. The number of allylic oxidation sites excluding steroid dienone is 2. The molecule has 4 aromatic carbocycles. The maximum absolute atomic E-state index is 12.2. The zero-order valence-electron chi connectivity index (χ0n) is 30.4. The number of carbonyl (C=O) groups is 1. The van der Waals surface area contributed by atoms with Gasteiger partial charge < -0.3 is 9.67 Å². The predicted molar refractivity (Wildman–Crippen MR) is 202 cm³/mol. The van der Waals surface area contributed by atoms with Crippen LogP contribution in [-0.4, -0.2) is 25.4 Å². The van der Waals surface area contributed by atoms with Crippen LogP contribution in [0.5, 0.6) is 0 Å². The average Bonchev–Trinajstić information content (AvgIpc) is 3.42. The standard InChI is InChI=1S/C28H22N3.C15H28O2.Ir/c1-17(2)19-14-15-23(22-11-7-6-10-21(19)22)26-25-24-13-12-18-8-4-5-9-20(18)27(24)31(3)28(25)30-16-29-26;1-7-14(5,8-2)12(16)11-13(17)15(6,9-3)10-4;/h4-14,16-17H,1-3H3;11,16H,7-10H2,1-6H3;/q-1;;/b;12-11-;. The van der Waals surface area contributed by atoms with Gasteiger partial charge in [0.05, 0.1) is 5.52 Å². The summed E-state index contributed by atoms with van der Waals surface area (Å²) in [5.41, 5.74) is 4.83. The number of benzene rings is 4. The summed E-state index contributed by atoms with van der Waals surface area (Å²) in [5.74, 6) is 0.721. The molecule has 1 radical (unpaired) electrons. The predicted octanol–water partition coefficient (Wildman–Crippen LogP) is 11.7. The summed E-state index contributed by atoms with van der Waals surface area (Å²) < 4.78 is 2.20. The fraction of sp³-hybridized carbons (Fsp3) is 0.372. The van der Waals surface area contributed by atoms with Crippen molar-refractivity contribution in [1.82, 2.24) is 14.5 Å². The molecule has 0 atom stereocenters. The van der Waals surface area contributed by atoms with Crippen molar-refractivity contribution in [1.29, 1.82) is 0 Å². The Morgan fingerprint density at radius 2 is 1.43 bits per heavy atom. The van der Waals surface area contributed by atoms with Crippen LogP contribution in [0.25, 0.3) is 54.7 Å². The second-order valence-corrected chi connectivity index (χ2v) is 13.9. The van der Waals surface area contributed by atoms with Crippen LogP contribution < -0.4 is 0 Å². The van der Waals surface area contributed by atoms with E-state index in [0.717, 1.165) is 48.0 Å². The van der Waals surface area contributed by atoms with E-state index >= 15 is 0 Å². The summed E-state index contributed by atoms with van der Waals surface area (Å²) in [6.07, 6.45) is 6.43. The Kier molecular flexibility index (Phi) is 11.9. The average molecular weight is 833 g/mol. The number of rotatable bonds is 9. The Hall–Kier alpha value is -3.86. The van der Waals surface area contributed by atoms with E-state index in [0.29, 0.717) is 5.92 Å². The summed E-state index contributed by atoms with van der Waals surface area (Å²) in [6.45, 7) is 16.5. The number of hydrogen-bond donors (Lipinski definition) is 1. The van der Waals surface area contributed by atoms with Gasteiger partial charge in [-0.1, -0.05) is 133 Å². The van der Waals surface area contributed by atoms with Crippen LogP contribution in [0.1, 0.15) is 92.6 Å². The minimum Gasteiger partial charge on any atom is -0.512 e. The number of aliphatic hydroxyl groups excluding tert-OH is 1. The number of hydrogen-bond acceptors (Lipinski definition) is 4. The van der Waals surface area contributed by atoms with Crippen molar-refractivity contribution >= 4 is 49.3 Å². The van der Waals surface area contributed by atoms with E-state index in [9.17, 15) is 9.90 Å². The molecular weight excluding hydrogens is 783 g/mol. The van der Waals surface area contributed by atoms with Crippen LogP contribution in [-0.2, 0) is 31.9 Å². The summed E-state index contributed by atoms with van der Waals surface area (Å²) in [4.78, 5) is 21.6. The van der Waals surface area contributed by atoms with Crippen LogP contribution >= 0.6 is 0 Å². The molecule has 0 aliphatic rings. The molecule has 0 fully saturated rings. The first-order valence-corrected chi connectivity index (χ1v) is 17.4. The quantitative estimate of drug-likeness (QED) is 0.0895.